The summed E-state index contributed by atoms with van der Waals surface area (Å²) in [4.78, 5) is 35.0. The van der Waals surface area contributed by atoms with Crippen LogP contribution in [-0.2, 0) is 22.3 Å². The van der Waals surface area contributed by atoms with Gasteiger partial charge in [0.1, 0.15) is 15.7 Å². The molecule has 2 aromatic rings. The number of hydrogen-bond donors (Lipinski definition) is 2. The third-order valence-electron chi connectivity index (χ3n) is 4.67. The number of nitrogens with one attached hydrogen (secondary N) is 2. The summed E-state index contributed by atoms with van der Waals surface area (Å²) < 4.78 is 44.3. The molecule has 34 heavy (non-hydrogen) atoms. The Morgan fingerprint density at radius 1 is 1.29 bits per heavy atom. The molecule has 0 atom stereocenters. The van der Waals surface area contributed by atoms with E-state index in [0.717, 1.165) is 23.5 Å². The number of hydrogen-bond acceptors (Lipinski definition) is 6. The number of anilines is 1. The minimum atomic E-state index is -4.64. The Bertz CT molecular complexity index is 1100. The number of aromatic nitrogens is 1. The summed E-state index contributed by atoms with van der Waals surface area (Å²) >= 11 is 6.60. The van der Waals surface area contributed by atoms with Gasteiger partial charge >= 0.3 is 6.18 Å². The van der Waals surface area contributed by atoms with Gasteiger partial charge < -0.3 is 20.3 Å². The van der Waals surface area contributed by atoms with Gasteiger partial charge in [0.2, 0.25) is 5.91 Å². The summed E-state index contributed by atoms with van der Waals surface area (Å²) in [5.74, 6) is -0.321. The highest BCUT2D eigenvalue weighted by molar-refractivity contribution is 7.13. The van der Waals surface area contributed by atoms with Gasteiger partial charge in [0.05, 0.1) is 36.5 Å². The Morgan fingerprint density at radius 2 is 2.03 bits per heavy atom. The van der Waals surface area contributed by atoms with Crippen LogP contribution in [-0.4, -0.2) is 60.9 Å². The van der Waals surface area contributed by atoms with Crippen LogP contribution in [0.1, 0.15) is 20.2 Å². The van der Waals surface area contributed by atoms with Gasteiger partial charge in [0.15, 0.2) is 0 Å². The second-order valence-electron chi connectivity index (χ2n) is 7.00. The van der Waals surface area contributed by atoms with Crippen molar-refractivity contribution in [2.75, 3.05) is 38.7 Å². The number of aliphatic imine (C=N–C) groups is 1. The molecule has 2 heterocycles. The Morgan fingerprint density at radius 3 is 2.71 bits per heavy atom. The van der Waals surface area contributed by atoms with Crippen molar-refractivity contribution in [3.05, 3.63) is 57.0 Å². The molecule has 1 aromatic heterocycles. The number of halogens is 4. The highest BCUT2D eigenvalue weighted by atomic mass is 35.5. The number of morpholine rings is 1. The standard InChI is InChI=1S/C21H21ClF3N5O3S/c1-26-17(30-6-8-33-9-7-30)4-5-18(31)27-12-19-28-11-16(34-19)20(32)29-13-2-3-15(22)14(10-13)21(23,24)25/h2-5,10-11H,6-9,12H2,1H3,(H,27,31)(H,29,32)/b5-4+,26-17?. The van der Waals surface area contributed by atoms with Crippen LogP contribution in [0.3, 0.4) is 0 Å². The van der Waals surface area contributed by atoms with Gasteiger partial charge in [-0.25, -0.2) is 4.98 Å². The lowest BCUT2D eigenvalue weighted by atomic mass is 10.2. The van der Waals surface area contributed by atoms with E-state index in [9.17, 15) is 22.8 Å². The molecule has 1 aliphatic heterocycles. The van der Waals surface area contributed by atoms with E-state index in [2.05, 4.69) is 20.6 Å². The number of nitrogens with zero attached hydrogens (tertiary/aromatic N) is 3. The minimum absolute atomic E-state index is 0.0521. The average molecular weight is 516 g/mol. The van der Waals surface area contributed by atoms with Crippen molar-refractivity contribution in [3.63, 3.8) is 0 Å². The molecule has 0 spiro atoms. The van der Waals surface area contributed by atoms with Crippen molar-refractivity contribution in [1.29, 1.82) is 0 Å². The molecule has 1 saturated heterocycles. The third kappa shape index (κ3) is 7.02. The first-order valence-corrected chi connectivity index (χ1v) is 11.2. The minimum Gasteiger partial charge on any atom is -0.378 e. The monoisotopic (exact) mass is 515 g/mol. The summed E-state index contributed by atoms with van der Waals surface area (Å²) in [5, 5.41) is 5.05. The van der Waals surface area contributed by atoms with Gasteiger partial charge in [-0.3, -0.25) is 14.6 Å². The molecule has 1 aromatic carbocycles. The average Bonchev–Trinajstić information content (AvgIpc) is 3.29. The topological polar surface area (TPSA) is 95.9 Å². The fraction of sp³-hybridized carbons (Fsp3) is 0.333. The van der Waals surface area contributed by atoms with Crippen LogP contribution in [0.4, 0.5) is 18.9 Å². The molecular weight excluding hydrogens is 495 g/mol. The lowest BCUT2D eigenvalue weighted by molar-refractivity contribution is -0.137. The lowest BCUT2D eigenvalue weighted by Crippen LogP contribution is -2.40. The zero-order valence-electron chi connectivity index (χ0n) is 18.0. The van der Waals surface area contributed by atoms with Crippen molar-refractivity contribution in [1.82, 2.24) is 15.2 Å². The number of rotatable bonds is 6. The Labute approximate surface area is 202 Å². The quantitative estimate of drug-likeness (QED) is 0.348. The maximum atomic E-state index is 13.0. The van der Waals surface area contributed by atoms with E-state index < -0.39 is 22.7 Å². The summed E-state index contributed by atoms with van der Waals surface area (Å²) in [5.41, 5.74) is -1.10. The first-order valence-electron chi connectivity index (χ1n) is 10.1. The van der Waals surface area contributed by atoms with Crippen LogP contribution in [0.15, 0.2) is 41.5 Å². The number of amidine groups is 1. The predicted molar refractivity (Wildman–Crippen MR) is 123 cm³/mol. The van der Waals surface area contributed by atoms with E-state index in [1.165, 1.54) is 18.3 Å². The molecular formula is C21H21ClF3N5O3S. The number of carbonyl (C=O) groups excluding carboxylic acids is 2. The summed E-state index contributed by atoms with van der Waals surface area (Å²) in [6.45, 7) is 2.66. The van der Waals surface area contributed by atoms with E-state index >= 15 is 0 Å². The first kappa shape index (κ1) is 25.7. The fourth-order valence-electron chi connectivity index (χ4n) is 3.00. The smallest absolute Gasteiger partial charge is 0.378 e. The number of alkyl halides is 3. The van der Waals surface area contributed by atoms with Crippen LogP contribution < -0.4 is 10.6 Å². The highest BCUT2D eigenvalue weighted by Gasteiger charge is 2.33. The first-order chi connectivity index (χ1) is 16.2. The van der Waals surface area contributed by atoms with E-state index in [4.69, 9.17) is 16.3 Å². The number of carbonyl (C=O) groups is 2. The molecule has 1 aliphatic rings. The van der Waals surface area contributed by atoms with Gasteiger partial charge in [-0.05, 0) is 24.3 Å². The molecule has 1 fully saturated rings. The van der Waals surface area contributed by atoms with E-state index in [1.54, 1.807) is 13.1 Å². The molecule has 182 valence electrons. The summed E-state index contributed by atoms with van der Waals surface area (Å²) in [7, 11) is 1.64. The van der Waals surface area contributed by atoms with Gasteiger partial charge in [-0.2, -0.15) is 13.2 Å². The van der Waals surface area contributed by atoms with Crippen molar-refractivity contribution in [2.24, 2.45) is 4.99 Å². The van der Waals surface area contributed by atoms with Gasteiger partial charge in [-0.15, -0.1) is 11.3 Å². The Hall–Kier alpha value is -2.96. The van der Waals surface area contributed by atoms with Crippen molar-refractivity contribution < 1.29 is 27.5 Å². The van der Waals surface area contributed by atoms with Crippen LogP contribution in [0.25, 0.3) is 0 Å². The van der Waals surface area contributed by atoms with Crippen LogP contribution in [0, 0.1) is 0 Å². The second kappa shape index (κ2) is 11.4. The van der Waals surface area contributed by atoms with E-state index in [0.29, 0.717) is 37.1 Å². The largest absolute Gasteiger partial charge is 0.417 e. The molecule has 3 rings (SSSR count). The third-order valence-corrected chi connectivity index (χ3v) is 5.99. The zero-order chi connectivity index (χ0) is 24.7. The molecule has 8 nitrogen and oxygen atoms in total. The number of ether oxygens (including phenoxy) is 1. The summed E-state index contributed by atoms with van der Waals surface area (Å²) in [6, 6.07) is 3.10. The second-order valence-corrected chi connectivity index (χ2v) is 8.52. The number of benzene rings is 1. The SMILES string of the molecule is CN=C(/C=C/C(=O)NCc1ncc(C(=O)Nc2ccc(Cl)c(C(F)(F)F)c2)s1)N1CCOCC1. The molecule has 13 heteroatoms. The normalized spacial score (nSPS) is 15.0. The maximum absolute atomic E-state index is 13.0. The number of amides is 2. The molecule has 0 radical (unpaired) electrons. The molecule has 0 bridgehead atoms. The van der Waals surface area contributed by atoms with E-state index in [1.807, 2.05) is 4.90 Å². The van der Waals surface area contributed by atoms with Crippen molar-refractivity contribution >= 4 is 46.3 Å². The molecule has 0 unspecified atom stereocenters. The molecule has 2 amide bonds. The van der Waals surface area contributed by atoms with E-state index in [-0.39, 0.29) is 23.0 Å². The summed E-state index contributed by atoms with van der Waals surface area (Å²) in [6.07, 6.45) is -0.382. The zero-order valence-corrected chi connectivity index (χ0v) is 19.6. The van der Waals surface area contributed by atoms with Crippen LogP contribution in [0.5, 0.6) is 0 Å². The van der Waals surface area contributed by atoms with Crippen molar-refractivity contribution in [3.8, 4) is 0 Å². The highest BCUT2D eigenvalue weighted by Crippen LogP contribution is 2.36. The molecule has 0 saturated carbocycles. The molecule has 2 N–H and O–H groups in total. The Balaban J connectivity index is 1.54. The fourth-order valence-corrected chi connectivity index (χ4v) is 3.97. The maximum Gasteiger partial charge on any atom is 0.417 e. The van der Waals surface area contributed by atoms with Gasteiger partial charge in [0.25, 0.3) is 5.91 Å². The van der Waals surface area contributed by atoms with Gasteiger partial charge in [-0.1, -0.05) is 11.6 Å². The van der Waals surface area contributed by atoms with Crippen molar-refractivity contribution in [2.45, 2.75) is 12.7 Å². The number of thiazole rings is 1. The van der Waals surface area contributed by atoms with Gasteiger partial charge in [0, 0.05) is 31.9 Å². The predicted octanol–water partition coefficient (Wildman–Crippen LogP) is 3.60. The molecule has 0 aliphatic carbocycles. The van der Waals surface area contributed by atoms with Crippen LogP contribution in [0.2, 0.25) is 5.02 Å². The Kier molecular flexibility index (Phi) is 8.64. The lowest BCUT2D eigenvalue weighted by Gasteiger charge is -2.28. The van der Waals surface area contributed by atoms with Crippen LogP contribution >= 0.6 is 22.9 Å².